The second-order valence-electron chi connectivity index (χ2n) is 11.5. The summed E-state index contributed by atoms with van der Waals surface area (Å²) in [6.45, 7) is 4.17. The maximum atomic E-state index is 14.0. The Hall–Kier alpha value is -5.42. The lowest BCUT2D eigenvalue weighted by atomic mass is 9.97. The summed E-state index contributed by atoms with van der Waals surface area (Å²) in [5.74, 6) is -2.05. The van der Waals surface area contributed by atoms with Crippen molar-refractivity contribution >= 4 is 34.5 Å². The number of para-hydroxylation sites is 1. The van der Waals surface area contributed by atoms with Gasteiger partial charge in [0.2, 0.25) is 23.6 Å². The molecule has 8 N–H and O–H groups in total. The molecule has 2 heterocycles. The van der Waals surface area contributed by atoms with E-state index in [0.29, 0.717) is 24.9 Å². The van der Waals surface area contributed by atoms with Crippen molar-refractivity contribution in [2.75, 3.05) is 6.54 Å². The van der Waals surface area contributed by atoms with Crippen LogP contribution in [0.3, 0.4) is 0 Å². The van der Waals surface area contributed by atoms with Crippen LogP contribution in [-0.2, 0) is 32.0 Å². The molecule has 1 fully saturated rings. The van der Waals surface area contributed by atoms with Crippen molar-refractivity contribution < 1.29 is 24.3 Å². The quantitative estimate of drug-likeness (QED) is 0.132. The molecule has 5 rings (SSSR count). The second-order valence-corrected chi connectivity index (χ2v) is 11.5. The van der Waals surface area contributed by atoms with Gasteiger partial charge in [0, 0.05) is 35.6 Å². The van der Waals surface area contributed by atoms with Gasteiger partial charge < -0.3 is 37.1 Å². The Bertz CT molecular complexity index is 1740. The smallest absolute Gasteiger partial charge is 0.246 e. The molecule has 3 aromatic carbocycles. The Morgan fingerprint density at radius 1 is 0.957 bits per heavy atom. The number of aromatic hydroxyl groups is 1. The highest BCUT2D eigenvalue weighted by Gasteiger charge is 2.38. The molecule has 1 aromatic heterocycles. The molecule has 0 spiro atoms. The molecule has 1 aliphatic rings. The molecule has 1 saturated heterocycles. The minimum absolute atomic E-state index is 0.00750. The average Bonchev–Trinajstić information content (AvgIpc) is 3.72. The van der Waals surface area contributed by atoms with Gasteiger partial charge in [0.05, 0.1) is 12.1 Å². The van der Waals surface area contributed by atoms with Gasteiger partial charge in [0.25, 0.3) is 0 Å². The lowest BCUT2D eigenvalue weighted by Gasteiger charge is -2.29. The molecular formula is C35H38N6O5. The number of carbonyl (C=O) groups is 4. The highest BCUT2D eigenvalue weighted by Crippen LogP contribution is 2.24. The van der Waals surface area contributed by atoms with Crippen LogP contribution in [0.1, 0.15) is 35.6 Å². The monoisotopic (exact) mass is 622 g/mol. The van der Waals surface area contributed by atoms with Crippen LogP contribution in [0.5, 0.6) is 5.75 Å². The van der Waals surface area contributed by atoms with Gasteiger partial charge in [-0.1, -0.05) is 67.2 Å². The van der Waals surface area contributed by atoms with Gasteiger partial charge >= 0.3 is 0 Å². The Morgan fingerprint density at radius 2 is 1.65 bits per heavy atom. The second kappa shape index (κ2) is 14.1. The zero-order chi connectivity index (χ0) is 32.8. The summed E-state index contributed by atoms with van der Waals surface area (Å²) in [6, 6.07) is 19.2. The van der Waals surface area contributed by atoms with Crippen molar-refractivity contribution in [2.45, 2.75) is 49.9 Å². The van der Waals surface area contributed by atoms with Gasteiger partial charge in [0.15, 0.2) is 0 Å². The zero-order valence-corrected chi connectivity index (χ0v) is 25.3. The number of phenols is 1. The Kier molecular flexibility index (Phi) is 9.82. The van der Waals surface area contributed by atoms with Crippen molar-refractivity contribution in [2.24, 2.45) is 11.5 Å². The molecule has 4 amide bonds. The molecule has 4 aromatic rings. The van der Waals surface area contributed by atoms with Gasteiger partial charge in [-0.3, -0.25) is 19.2 Å². The van der Waals surface area contributed by atoms with Crippen LogP contribution in [0.4, 0.5) is 0 Å². The maximum absolute atomic E-state index is 14.0. The minimum Gasteiger partial charge on any atom is -0.508 e. The third kappa shape index (κ3) is 7.27. The Morgan fingerprint density at radius 3 is 2.37 bits per heavy atom. The molecule has 0 bridgehead atoms. The summed E-state index contributed by atoms with van der Waals surface area (Å²) < 4.78 is 0. The lowest BCUT2D eigenvalue weighted by Crippen LogP contribution is -2.56. The first kappa shape index (κ1) is 32.0. The molecular weight excluding hydrogens is 584 g/mol. The Labute approximate surface area is 266 Å². The van der Waals surface area contributed by atoms with E-state index in [-0.39, 0.29) is 30.1 Å². The number of likely N-dealkylation sites (tertiary alicyclic amines) is 1. The molecule has 4 atom stereocenters. The first-order valence-corrected chi connectivity index (χ1v) is 15.2. The highest BCUT2D eigenvalue weighted by atomic mass is 16.3. The molecule has 1 aliphatic heterocycles. The summed E-state index contributed by atoms with van der Waals surface area (Å²) in [4.78, 5) is 58.0. The highest BCUT2D eigenvalue weighted by molar-refractivity contribution is 5.96. The lowest BCUT2D eigenvalue weighted by molar-refractivity contribution is -0.140. The van der Waals surface area contributed by atoms with Gasteiger partial charge in [-0.15, -0.1) is 0 Å². The number of aromatic amines is 1. The number of amides is 4. The van der Waals surface area contributed by atoms with E-state index in [1.165, 1.54) is 17.0 Å². The van der Waals surface area contributed by atoms with Crippen LogP contribution >= 0.6 is 0 Å². The van der Waals surface area contributed by atoms with Crippen molar-refractivity contribution in [3.05, 3.63) is 114 Å². The van der Waals surface area contributed by atoms with E-state index < -0.39 is 41.9 Å². The number of nitrogens with zero attached hydrogens (tertiary/aromatic N) is 1. The van der Waals surface area contributed by atoms with E-state index in [1.807, 2.05) is 24.3 Å². The number of nitrogens with one attached hydrogen (secondary N) is 3. The fourth-order valence-electron chi connectivity index (χ4n) is 5.89. The fourth-order valence-corrected chi connectivity index (χ4v) is 5.89. The summed E-state index contributed by atoms with van der Waals surface area (Å²) in [7, 11) is 0. The molecule has 0 unspecified atom stereocenters. The molecule has 0 aliphatic carbocycles. The van der Waals surface area contributed by atoms with Crippen LogP contribution in [0.25, 0.3) is 10.9 Å². The van der Waals surface area contributed by atoms with Crippen molar-refractivity contribution in [3.63, 3.8) is 0 Å². The average molecular weight is 623 g/mol. The van der Waals surface area contributed by atoms with Crippen molar-refractivity contribution in [3.8, 4) is 5.75 Å². The number of H-pyrrole nitrogens is 1. The van der Waals surface area contributed by atoms with Crippen LogP contribution < -0.4 is 22.1 Å². The number of carbonyl (C=O) groups excluding carboxylic acids is 4. The third-order valence-electron chi connectivity index (χ3n) is 8.36. The van der Waals surface area contributed by atoms with Crippen LogP contribution in [0.2, 0.25) is 0 Å². The molecule has 46 heavy (non-hydrogen) atoms. The van der Waals surface area contributed by atoms with E-state index in [0.717, 1.165) is 22.0 Å². The van der Waals surface area contributed by atoms with Crippen molar-refractivity contribution in [1.82, 2.24) is 20.5 Å². The van der Waals surface area contributed by atoms with Crippen LogP contribution in [0, 0.1) is 0 Å². The Balaban J connectivity index is 1.37. The number of phenolic OH excluding ortho intramolecular Hbond substituents is 1. The fraction of sp³-hybridized carbons (Fsp3) is 0.257. The molecule has 0 saturated carbocycles. The zero-order valence-electron chi connectivity index (χ0n) is 25.3. The predicted molar refractivity (Wildman–Crippen MR) is 174 cm³/mol. The van der Waals surface area contributed by atoms with Gasteiger partial charge in [-0.25, -0.2) is 0 Å². The molecule has 0 radical (unpaired) electrons. The van der Waals surface area contributed by atoms with E-state index >= 15 is 0 Å². The SMILES string of the molecule is C=C(C(N)=O)[C@@H](NC(=O)[C@H](Cc1c[nH]c2ccccc12)NC(=O)[C@@H]1CCCN1C(=O)[C@@H](N)Cc1ccc(O)cc1)c1ccccc1. The van der Waals surface area contributed by atoms with E-state index in [2.05, 4.69) is 22.2 Å². The standard InChI is InChI=1S/C35H38N6O5/c1-21(32(37)43)31(23-8-3-2-4-9-23)40-33(44)29(19-24-20-38-28-11-6-5-10-26(24)28)39-34(45)30-12-7-17-41(30)35(46)27(36)18-22-13-15-25(42)16-14-22/h2-6,8-11,13-16,20,27,29-31,38,42H,1,7,12,17-19,36H2,(H2,37,43)(H,39,45)(H,40,44)/t27-,29-,30-,31+/m0/s1. The first-order valence-electron chi connectivity index (χ1n) is 15.2. The normalized spacial score (nSPS) is 16.4. The number of aromatic nitrogens is 1. The van der Waals surface area contributed by atoms with Crippen LogP contribution in [0.15, 0.2) is 97.2 Å². The predicted octanol–water partition coefficient (Wildman–Crippen LogP) is 2.36. The van der Waals surface area contributed by atoms with Crippen molar-refractivity contribution in [1.29, 1.82) is 0 Å². The summed E-state index contributed by atoms with van der Waals surface area (Å²) >= 11 is 0. The molecule has 11 nitrogen and oxygen atoms in total. The molecule has 238 valence electrons. The summed E-state index contributed by atoms with van der Waals surface area (Å²) in [5, 5.41) is 16.2. The number of fused-ring (bicyclic) bond motifs is 1. The number of hydrogen-bond donors (Lipinski definition) is 6. The molecule has 11 heteroatoms. The van der Waals surface area contributed by atoms with E-state index in [4.69, 9.17) is 11.5 Å². The maximum Gasteiger partial charge on any atom is 0.246 e. The summed E-state index contributed by atoms with van der Waals surface area (Å²) in [5.41, 5.74) is 14.9. The third-order valence-corrected chi connectivity index (χ3v) is 8.36. The summed E-state index contributed by atoms with van der Waals surface area (Å²) in [6.07, 6.45) is 3.18. The van der Waals surface area contributed by atoms with Gasteiger partial charge in [-0.05, 0) is 54.2 Å². The number of rotatable bonds is 12. The topological polar surface area (TPSA) is 184 Å². The largest absolute Gasteiger partial charge is 0.508 e. The van der Waals surface area contributed by atoms with E-state index in [1.54, 1.807) is 48.7 Å². The number of hydrogen-bond acceptors (Lipinski definition) is 6. The number of benzene rings is 3. The van der Waals surface area contributed by atoms with Gasteiger partial charge in [-0.2, -0.15) is 0 Å². The van der Waals surface area contributed by atoms with Crippen LogP contribution in [-0.4, -0.2) is 63.3 Å². The number of primary amides is 1. The first-order chi connectivity index (χ1) is 22.1. The minimum atomic E-state index is -1.07. The van der Waals surface area contributed by atoms with E-state index in [9.17, 15) is 24.3 Å². The number of nitrogens with two attached hydrogens (primary N) is 2. The van der Waals surface area contributed by atoms with Gasteiger partial charge in [0.1, 0.15) is 17.8 Å².